The van der Waals surface area contributed by atoms with Crippen LogP contribution in [0.2, 0.25) is 10.0 Å². The SMILES string of the molecule is Cc1cc(CC(=O)Nc2ccccc2Cl)cc(C(=O)c2ccccc2Cl)c1. The standard InChI is InChI=1S/C22H17Cl2NO2/c1-14-10-15(13-21(26)25-20-9-5-4-8-19(20)24)12-16(11-14)22(27)17-6-2-3-7-18(17)23/h2-12H,13H2,1H3,(H,25,26). The number of carbonyl (C=O) groups is 2. The molecule has 0 atom stereocenters. The molecule has 3 aromatic rings. The molecule has 5 heteroatoms. The molecule has 0 spiro atoms. The van der Waals surface area contributed by atoms with Crippen LogP contribution < -0.4 is 5.32 Å². The summed E-state index contributed by atoms with van der Waals surface area (Å²) in [5, 5.41) is 3.67. The highest BCUT2D eigenvalue weighted by atomic mass is 35.5. The van der Waals surface area contributed by atoms with Gasteiger partial charge in [-0.05, 0) is 48.9 Å². The lowest BCUT2D eigenvalue weighted by Gasteiger charge is -2.10. The number of para-hydroxylation sites is 1. The van der Waals surface area contributed by atoms with Gasteiger partial charge in [-0.25, -0.2) is 0 Å². The Balaban J connectivity index is 1.81. The highest BCUT2D eigenvalue weighted by Gasteiger charge is 2.15. The quantitative estimate of drug-likeness (QED) is 0.560. The Morgan fingerprint density at radius 2 is 1.56 bits per heavy atom. The number of aryl methyl sites for hydroxylation is 1. The molecule has 0 radical (unpaired) electrons. The maximum Gasteiger partial charge on any atom is 0.228 e. The van der Waals surface area contributed by atoms with Gasteiger partial charge in [-0.3, -0.25) is 9.59 Å². The van der Waals surface area contributed by atoms with Gasteiger partial charge in [0, 0.05) is 11.1 Å². The molecule has 136 valence electrons. The third-order valence-corrected chi connectivity index (χ3v) is 4.69. The van der Waals surface area contributed by atoms with E-state index in [2.05, 4.69) is 5.32 Å². The molecule has 3 aromatic carbocycles. The first kappa shape index (κ1) is 19.2. The number of rotatable bonds is 5. The van der Waals surface area contributed by atoms with Crippen molar-refractivity contribution in [2.45, 2.75) is 13.3 Å². The van der Waals surface area contributed by atoms with Crippen molar-refractivity contribution in [2.24, 2.45) is 0 Å². The second kappa shape index (κ2) is 8.38. The van der Waals surface area contributed by atoms with Crippen molar-refractivity contribution in [2.75, 3.05) is 5.32 Å². The third kappa shape index (κ3) is 4.76. The number of hydrogen-bond donors (Lipinski definition) is 1. The molecule has 3 nitrogen and oxygen atoms in total. The number of ketones is 1. The number of halogens is 2. The van der Waals surface area contributed by atoms with Gasteiger partial charge in [0.15, 0.2) is 5.78 Å². The molecule has 0 aliphatic carbocycles. The first-order valence-electron chi connectivity index (χ1n) is 8.38. The summed E-state index contributed by atoms with van der Waals surface area (Å²) in [6.07, 6.45) is 0.135. The average Bonchev–Trinajstić information content (AvgIpc) is 2.63. The zero-order valence-corrected chi connectivity index (χ0v) is 16.1. The van der Waals surface area contributed by atoms with Crippen molar-refractivity contribution in [3.63, 3.8) is 0 Å². The predicted molar refractivity (Wildman–Crippen MR) is 110 cm³/mol. The molecule has 0 bridgehead atoms. The van der Waals surface area contributed by atoms with E-state index in [1.807, 2.05) is 13.0 Å². The first-order chi connectivity index (χ1) is 12.9. The van der Waals surface area contributed by atoms with Gasteiger partial charge in [-0.15, -0.1) is 0 Å². The first-order valence-corrected chi connectivity index (χ1v) is 9.14. The van der Waals surface area contributed by atoms with Crippen molar-refractivity contribution < 1.29 is 9.59 Å². The van der Waals surface area contributed by atoms with E-state index in [-0.39, 0.29) is 18.1 Å². The number of carbonyl (C=O) groups excluding carboxylic acids is 2. The zero-order valence-electron chi connectivity index (χ0n) is 14.6. The summed E-state index contributed by atoms with van der Waals surface area (Å²) in [6.45, 7) is 1.89. The number of hydrogen-bond acceptors (Lipinski definition) is 2. The van der Waals surface area contributed by atoms with E-state index >= 15 is 0 Å². The smallest absolute Gasteiger partial charge is 0.228 e. The van der Waals surface area contributed by atoms with Gasteiger partial charge < -0.3 is 5.32 Å². The topological polar surface area (TPSA) is 46.2 Å². The van der Waals surface area contributed by atoms with Crippen LogP contribution in [0.1, 0.15) is 27.0 Å². The van der Waals surface area contributed by atoms with Gasteiger partial charge in [0.25, 0.3) is 0 Å². The Kier molecular flexibility index (Phi) is 5.94. The van der Waals surface area contributed by atoms with Gasteiger partial charge in [-0.2, -0.15) is 0 Å². The van der Waals surface area contributed by atoms with Gasteiger partial charge >= 0.3 is 0 Å². The van der Waals surface area contributed by atoms with E-state index in [1.54, 1.807) is 60.7 Å². The predicted octanol–water partition coefficient (Wildman–Crippen LogP) is 5.71. The van der Waals surface area contributed by atoms with Gasteiger partial charge in [0.1, 0.15) is 0 Å². The lowest BCUT2D eigenvalue weighted by atomic mass is 9.97. The van der Waals surface area contributed by atoms with Crippen LogP contribution in [0.5, 0.6) is 0 Å². The van der Waals surface area contributed by atoms with Crippen LogP contribution in [0, 0.1) is 6.92 Å². The largest absolute Gasteiger partial charge is 0.324 e. The molecule has 1 N–H and O–H groups in total. The van der Waals surface area contributed by atoms with E-state index in [0.29, 0.717) is 26.9 Å². The van der Waals surface area contributed by atoms with Crippen LogP contribution in [0.3, 0.4) is 0 Å². The lowest BCUT2D eigenvalue weighted by molar-refractivity contribution is -0.115. The van der Waals surface area contributed by atoms with Crippen LogP contribution in [-0.2, 0) is 11.2 Å². The molecule has 0 aliphatic rings. The Morgan fingerprint density at radius 1 is 0.889 bits per heavy atom. The Bertz CT molecular complexity index is 1010. The Labute approximate surface area is 167 Å². The summed E-state index contributed by atoms with van der Waals surface area (Å²) in [7, 11) is 0. The van der Waals surface area contributed by atoms with E-state index in [4.69, 9.17) is 23.2 Å². The van der Waals surface area contributed by atoms with Gasteiger partial charge in [0.2, 0.25) is 5.91 Å². The molecule has 0 aliphatic heterocycles. The van der Waals surface area contributed by atoms with Crippen LogP contribution >= 0.6 is 23.2 Å². The minimum atomic E-state index is -0.204. The summed E-state index contributed by atoms with van der Waals surface area (Å²) in [4.78, 5) is 25.2. The molecule has 27 heavy (non-hydrogen) atoms. The molecule has 0 saturated heterocycles. The fraction of sp³-hybridized carbons (Fsp3) is 0.0909. The minimum Gasteiger partial charge on any atom is -0.324 e. The van der Waals surface area contributed by atoms with Crippen molar-refractivity contribution in [1.29, 1.82) is 0 Å². The van der Waals surface area contributed by atoms with Crippen molar-refractivity contribution in [3.05, 3.63) is 99.0 Å². The van der Waals surface area contributed by atoms with Gasteiger partial charge in [-0.1, -0.05) is 59.1 Å². The number of anilines is 1. The summed E-state index contributed by atoms with van der Waals surface area (Å²) in [5.74, 6) is -0.373. The second-order valence-electron chi connectivity index (χ2n) is 6.22. The monoisotopic (exact) mass is 397 g/mol. The minimum absolute atomic E-state index is 0.135. The molecule has 0 aromatic heterocycles. The summed E-state index contributed by atoms with van der Waals surface area (Å²) >= 11 is 12.2. The highest BCUT2D eigenvalue weighted by Crippen LogP contribution is 2.22. The Morgan fingerprint density at radius 3 is 2.26 bits per heavy atom. The van der Waals surface area contributed by atoms with Crippen LogP contribution in [0.15, 0.2) is 66.7 Å². The molecular weight excluding hydrogens is 381 g/mol. The van der Waals surface area contributed by atoms with Crippen molar-refractivity contribution >= 4 is 40.6 Å². The van der Waals surface area contributed by atoms with Crippen molar-refractivity contribution in [3.8, 4) is 0 Å². The van der Waals surface area contributed by atoms with E-state index in [9.17, 15) is 9.59 Å². The molecule has 3 rings (SSSR count). The maximum absolute atomic E-state index is 12.8. The summed E-state index contributed by atoms with van der Waals surface area (Å²) in [6, 6.07) is 19.4. The molecule has 0 saturated carbocycles. The second-order valence-corrected chi connectivity index (χ2v) is 7.04. The molecule has 0 fully saturated rings. The molecular formula is C22H17Cl2NO2. The normalized spacial score (nSPS) is 10.5. The highest BCUT2D eigenvalue weighted by molar-refractivity contribution is 6.35. The van der Waals surface area contributed by atoms with E-state index in [0.717, 1.165) is 11.1 Å². The lowest BCUT2D eigenvalue weighted by Crippen LogP contribution is -2.15. The number of benzene rings is 3. The molecule has 1 amide bonds. The van der Waals surface area contributed by atoms with Crippen LogP contribution in [-0.4, -0.2) is 11.7 Å². The van der Waals surface area contributed by atoms with Gasteiger partial charge in [0.05, 0.1) is 22.2 Å². The molecule has 0 heterocycles. The fourth-order valence-electron chi connectivity index (χ4n) is 2.84. The van der Waals surface area contributed by atoms with Crippen molar-refractivity contribution in [1.82, 2.24) is 0 Å². The summed E-state index contributed by atoms with van der Waals surface area (Å²) in [5.41, 5.74) is 3.15. The van der Waals surface area contributed by atoms with Crippen LogP contribution in [0.4, 0.5) is 5.69 Å². The zero-order chi connectivity index (χ0) is 19.4. The third-order valence-electron chi connectivity index (χ3n) is 4.03. The van der Waals surface area contributed by atoms with E-state index in [1.165, 1.54) is 0 Å². The summed E-state index contributed by atoms with van der Waals surface area (Å²) < 4.78 is 0. The molecule has 0 unspecified atom stereocenters. The van der Waals surface area contributed by atoms with E-state index < -0.39 is 0 Å². The Hall–Kier alpha value is -2.62. The fourth-order valence-corrected chi connectivity index (χ4v) is 3.24. The number of amides is 1. The van der Waals surface area contributed by atoms with Crippen LogP contribution in [0.25, 0.3) is 0 Å². The maximum atomic E-state index is 12.8. The average molecular weight is 398 g/mol. The number of nitrogens with one attached hydrogen (secondary N) is 1.